The second kappa shape index (κ2) is 9.46. The van der Waals surface area contributed by atoms with Crippen LogP contribution in [0.25, 0.3) is 0 Å². The molecule has 7 nitrogen and oxygen atoms in total. The lowest BCUT2D eigenvalue weighted by molar-refractivity contribution is 0.102. The first-order chi connectivity index (χ1) is 15.8. The molecule has 4 aromatic rings. The summed E-state index contributed by atoms with van der Waals surface area (Å²) < 4.78 is 22.4. The second-order valence-corrected chi connectivity index (χ2v) is 8.08. The fraction of sp³-hybridized carbons (Fsp3) is 0.208. The van der Waals surface area contributed by atoms with E-state index in [1.165, 1.54) is 12.1 Å². The first-order valence-corrected chi connectivity index (χ1v) is 10.7. The molecule has 9 heteroatoms. The molecule has 0 saturated carbocycles. The molecule has 1 amide bonds. The molecule has 2 aromatic heterocycles. The molecule has 0 bridgehead atoms. The third-order valence-electron chi connectivity index (χ3n) is 5.27. The molecule has 0 radical (unpaired) electrons. The van der Waals surface area contributed by atoms with Gasteiger partial charge < -0.3 is 10.1 Å². The number of benzene rings is 2. The van der Waals surface area contributed by atoms with E-state index in [9.17, 15) is 9.18 Å². The number of nitrogens with one attached hydrogen (secondary N) is 1. The number of halogens is 2. The van der Waals surface area contributed by atoms with Gasteiger partial charge in [0.1, 0.15) is 11.6 Å². The average molecular weight is 468 g/mol. The summed E-state index contributed by atoms with van der Waals surface area (Å²) in [5, 5.41) is 12.0. The Hall–Kier alpha value is -3.65. The number of nitrogens with zero attached hydrogens (tertiary/aromatic N) is 4. The van der Waals surface area contributed by atoms with Gasteiger partial charge in [0.2, 0.25) is 0 Å². The SMILES string of the molecule is Cc1ccccc1OCn1ccc(C(=O)Nc2c(C)nn(Cc3ccc(F)cc3Cl)c2C)n1. The van der Waals surface area contributed by atoms with Crippen molar-refractivity contribution in [3.05, 3.63) is 93.8 Å². The summed E-state index contributed by atoms with van der Waals surface area (Å²) in [6.45, 7) is 6.16. The van der Waals surface area contributed by atoms with Gasteiger partial charge in [-0.2, -0.15) is 10.2 Å². The highest BCUT2D eigenvalue weighted by molar-refractivity contribution is 6.31. The minimum absolute atomic E-state index is 0.187. The zero-order chi connectivity index (χ0) is 23.5. The van der Waals surface area contributed by atoms with Crippen LogP contribution in [0.4, 0.5) is 10.1 Å². The molecule has 2 heterocycles. The van der Waals surface area contributed by atoms with Gasteiger partial charge >= 0.3 is 0 Å². The zero-order valence-corrected chi connectivity index (χ0v) is 19.2. The largest absolute Gasteiger partial charge is 0.471 e. The highest BCUT2D eigenvalue weighted by atomic mass is 35.5. The van der Waals surface area contributed by atoms with Crippen LogP contribution in [0, 0.1) is 26.6 Å². The molecule has 0 spiro atoms. The first kappa shape index (κ1) is 22.5. The Kier molecular flexibility index (Phi) is 6.46. The Morgan fingerprint density at radius 3 is 2.67 bits per heavy atom. The monoisotopic (exact) mass is 467 g/mol. The number of aryl methyl sites for hydroxylation is 2. The second-order valence-electron chi connectivity index (χ2n) is 7.67. The van der Waals surface area contributed by atoms with Crippen molar-refractivity contribution in [2.45, 2.75) is 34.0 Å². The van der Waals surface area contributed by atoms with Gasteiger partial charge in [0.05, 0.1) is 23.6 Å². The molecule has 4 rings (SSSR count). The van der Waals surface area contributed by atoms with Crippen LogP contribution in [-0.2, 0) is 13.3 Å². The van der Waals surface area contributed by atoms with Crippen molar-refractivity contribution >= 4 is 23.2 Å². The van der Waals surface area contributed by atoms with Gasteiger partial charge in [-0.1, -0.05) is 35.9 Å². The summed E-state index contributed by atoms with van der Waals surface area (Å²) in [5.74, 6) is 0.0166. The predicted octanol–water partition coefficient (Wildman–Crippen LogP) is 5.13. The van der Waals surface area contributed by atoms with E-state index in [1.807, 2.05) is 38.1 Å². The molecule has 33 heavy (non-hydrogen) atoms. The van der Waals surface area contributed by atoms with Crippen LogP contribution in [0.5, 0.6) is 5.75 Å². The molecule has 0 fully saturated rings. The van der Waals surface area contributed by atoms with Crippen LogP contribution in [0.1, 0.15) is 33.0 Å². The maximum Gasteiger partial charge on any atom is 0.276 e. The Balaban J connectivity index is 1.44. The van der Waals surface area contributed by atoms with Crippen LogP contribution >= 0.6 is 11.6 Å². The lowest BCUT2D eigenvalue weighted by Gasteiger charge is -2.09. The molecule has 1 N–H and O–H groups in total. The molecular weight excluding hydrogens is 445 g/mol. The molecule has 0 aliphatic rings. The third-order valence-corrected chi connectivity index (χ3v) is 5.63. The number of amides is 1. The van der Waals surface area contributed by atoms with Crippen molar-refractivity contribution < 1.29 is 13.9 Å². The molecular formula is C24H23ClFN5O2. The van der Waals surface area contributed by atoms with E-state index >= 15 is 0 Å². The predicted molar refractivity (Wildman–Crippen MR) is 124 cm³/mol. The molecule has 0 aliphatic carbocycles. The van der Waals surface area contributed by atoms with E-state index in [0.717, 1.165) is 22.6 Å². The summed E-state index contributed by atoms with van der Waals surface area (Å²) in [6.07, 6.45) is 1.69. The number of carbonyl (C=O) groups is 1. The van der Waals surface area contributed by atoms with Crippen LogP contribution < -0.4 is 10.1 Å². The number of aromatic nitrogens is 4. The number of para-hydroxylation sites is 1. The van der Waals surface area contributed by atoms with Gasteiger partial charge in [0, 0.05) is 11.2 Å². The lowest BCUT2D eigenvalue weighted by Crippen LogP contribution is -2.15. The fourth-order valence-corrected chi connectivity index (χ4v) is 3.66. The smallest absolute Gasteiger partial charge is 0.276 e. The number of anilines is 1. The Labute approximate surface area is 195 Å². The van der Waals surface area contributed by atoms with Gasteiger partial charge in [0.25, 0.3) is 5.91 Å². The van der Waals surface area contributed by atoms with E-state index in [1.54, 1.807) is 34.6 Å². The van der Waals surface area contributed by atoms with Crippen molar-refractivity contribution in [2.75, 3.05) is 5.32 Å². The van der Waals surface area contributed by atoms with E-state index < -0.39 is 5.82 Å². The lowest BCUT2D eigenvalue weighted by atomic mass is 10.2. The van der Waals surface area contributed by atoms with E-state index in [0.29, 0.717) is 22.9 Å². The van der Waals surface area contributed by atoms with Crippen LogP contribution in [0.2, 0.25) is 5.02 Å². The Morgan fingerprint density at radius 2 is 1.91 bits per heavy atom. The van der Waals surface area contributed by atoms with Crippen molar-refractivity contribution in [1.82, 2.24) is 19.6 Å². The van der Waals surface area contributed by atoms with Gasteiger partial charge in [0.15, 0.2) is 12.4 Å². The molecule has 0 unspecified atom stereocenters. The summed E-state index contributed by atoms with van der Waals surface area (Å²) in [7, 11) is 0. The average Bonchev–Trinajstić information content (AvgIpc) is 3.35. The van der Waals surface area contributed by atoms with Crippen molar-refractivity contribution in [1.29, 1.82) is 0 Å². The Bertz CT molecular complexity index is 1310. The minimum atomic E-state index is -0.395. The summed E-state index contributed by atoms with van der Waals surface area (Å²) in [4.78, 5) is 12.8. The topological polar surface area (TPSA) is 74.0 Å². The quantitative estimate of drug-likeness (QED) is 0.408. The number of hydrogen-bond donors (Lipinski definition) is 1. The molecule has 170 valence electrons. The van der Waals surface area contributed by atoms with Crippen molar-refractivity contribution in [3.63, 3.8) is 0 Å². The van der Waals surface area contributed by atoms with E-state index in [2.05, 4.69) is 15.5 Å². The van der Waals surface area contributed by atoms with Crippen LogP contribution in [-0.4, -0.2) is 25.5 Å². The summed E-state index contributed by atoms with van der Waals surface area (Å²) in [6, 6.07) is 13.6. The van der Waals surface area contributed by atoms with Crippen molar-refractivity contribution in [3.8, 4) is 5.75 Å². The fourth-order valence-electron chi connectivity index (χ4n) is 3.43. The first-order valence-electron chi connectivity index (χ1n) is 10.3. The summed E-state index contributed by atoms with van der Waals surface area (Å²) in [5.41, 5.74) is 4.02. The maximum atomic E-state index is 13.3. The van der Waals surface area contributed by atoms with Crippen molar-refractivity contribution in [2.24, 2.45) is 0 Å². The van der Waals surface area contributed by atoms with E-state index in [-0.39, 0.29) is 18.3 Å². The van der Waals surface area contributed by atoms with Gasteiger partial charge in [-0.3, -0.25) is 9.48 Å². The van der Waals surface area contributed by atoms with Crippen LogP contribution in [0.3, 0.4) is 0 Å². The molecule has 0 atom stereocenters. The number of ether oxygens (including phenoxy) is 1. The highest BCUT2D eigenvalue weighted by Gasteiger charge is 2.18. The summed E-state index contributed by atoms with van der Waals surface area (Å²) >= 11 is 6.15. The van der Waals surface area contributed by atoms with Crippen LogP contribution in [0.15, 0.2) is 54.7 Å². The van der Waals surface area contributed by atoms with Gasteiger partial charge in [-0.05, 0) is 56.2 Å². The Morgan fingerprint density at radius 1 is 1.12 bits per heavy atom. The third kappa shape index (κ3) is 5.06. The maximum absolute atomic E-state index is 13.3. The molecule has 0 aliphatic heterocycles. The number of hydrogen-bond acceptors (Lipinski definition) is 4. The standard InChI is InChI=1S/C24H23ClFN5O2/c1-15-6-4-5-7-22(15)33-14-30-11-10-21(29-30)24(32)27-23-16(2)28-31(17(23)3)13-18-8-9-19(26)12-20(18)25/h4-12H,13-14H2,1-3H3,(H,27,32). The highest BCUT2D eigenvalue weighted by Crippen LogP contribution is 2.24. The van der Waals surface area contributed by atoms with E-state index in [4.69, 9.17) is 16.3 Å². The number of carbonyl (C=O) groups excluding carboxylic acids is 1. The normalized spacial score (nSPS) is 10.9. The van der Waals surface area contributed by atoms with Gasteiger partial charge in [-0.15, -0.1) is 0 Å². The molecule has 0 saturated heterocycles. The minimum Gasteiger partial charge on any atom is -0.471 e. The molecule has 2 aromatic carbocycles. The zero-order valence-electron chi connectivity index (χ0n) is 18.5. The van der Waals surface area contributed by atoms with Gasteiger partial charge in [-0.25, -0.2) is 9.07 Å². The number of rotatable bonds is 7.